The Morgan fingerprint density at radius 1 is 1.62 bits per heavy atom. The second-order valence-electron chi connectivity index (χ2n) is 3.38. The SMILES string of the molecule is Cc1ccoc1CSCC(C)CN. The standard InChI is InChI=1S/C10H17NOS/c1-8(5-11)6-13-7-10-9(2)3-4-12-10/h3-4,8H,5-7,11H2,1-2H3. The Morgan fingerprint density at radius 2 is 2.38 bits per heavy atom. The third-order valence-electron chi connectivity index (χ3n) is 2.01. The number of aryl methyl sites for hydroxylation is 1. The maximum absolute atomic E-state index is 5.52. The van der Waals surface area contributed by atoms with Crippen molar-refractivity contribution in [3.8, 4) is 0 Å². The molecule has 2 N–H and O–H groups in total. The summed E-state index contributed by atoms with van der Waals surface area (Å²) in [5.41, 5.74) is 6.77. The van der Waals surface area contributed by atoms with E-state index in [-0.39, 0.29) is 0 Å². The molecule has 1 rings (SSSR count). The molecular weight excluding hydrogens is 182 g/mol. The van der Waals surface area contributed by atoms with E-state index in [2.05, 4.69) is 13.8 Å². The molecule has 0 amide bonds. The molecule has 0 saturated carbocycles. The van der Waals surface area contributed by atoms with E-state index >= 15 is 0 Å². The van der Waals surface area contributed by atoms with Crippen LogP contribution >= 0.6 is 11.8 Å². The van der Waals surface area contributed by atoms with E-state index in [1.54, 1.807) is 6.26 Å². The Hall–Kier alpha value is -0.410. The summed E-state index contributed by atoms with van der Waals surface area (Å²) in [6, 6.07) is 2.00. The van der Waals surface area contributed by atoms with Crippen molar-refractivity contribution >= 4 is 11.8 Å². The number of hydrogen-bond acceptors (Lipinski definition) is 3. The highest BCUT2D eigenvalue weighted by Gasteiger charge is 2.03. The topological polar surface area (TPSA) is 39.2 Å². The molecule has 1 aromatic heterocycles. The summed E-state index contributed by atoms with van der Waals surface area (Å²) < 4.78 is 5.33. The Kier molecular flexibility index (Phi) is 4.39. The fourth-order valence-corrected chi connectivity index (χ4v) is 2.11. The van der Waals surface area contributed by atoms with Crippen molar-refractivity contribution in [3.05, 3.63) is 23.7 Å². The summed E-state index contributed by atoms with van der Waals surface area (Å²) >= 11 is 1.88. The highest BCUT2D eigenvalue weighted by Crippen LogP contribution is 2.18. The van der Waals surface area contributed by atoms with E-state index in [1.165, 1.54) is 5.56 Å². The Bertz CT molecular complexity index is 247. The zero-order valence-corrected chi connectivity index (χ0v) is 9.06. The van der Waals surface area contributed by atoms with Gasteiger partial charge in [-0.3, -0.25) is 0 Å². The molecule has 74 valence electrons. The maximum atomic E-state index is 5.52. The van der Waals surface area contributed by atoms with Gasteiger partial charge in [-0.15, -0.1) is 0 Å². The first-order valence-corrected chi connectivity index (χ1v) is 5.70. The van der Waals surface area contributed by atoms with Gasteiger partial charge in [0.25, 0.3) is 0 Å². The van der Waals surface area contributed by atoms with Crippen LogP contribution in [-0.4, -0.2) is 12.3 Å². The van der Waals surface area contributed by atoms with Crippen molar-refractivity contribution in [1.29, 1.82) is 0 Å². The minimum Gasteiger partial charge on any atom is -0.468 e. The van der Waals surface area contributed by atoms with Crippen molar-refractivity contribution < 1.29 is 4.42 Å². The minimum atomic E-state index is 0.597. The maximum Gasteiger partial charge on any atom is 0.116 e. The summed E-state index contributed by atoms with van der Waals surface area (Å²) in [6.45, 7) is 5.01. The van der Waals surface area contributed by atoms with Crippen LogP contribution in [-0.2, 0) is 5.75 Å². The molecule has 0 radical (unpaired) electrons. The van der Waals surface area contributed by atoms with Gasteiger partial charge in [-0.25, -0.2) is 0 Å². The second-order valence-corrected chi connectivity index (χ2v) is 4.41. The third-order valence-corrected chi connectivity index (χ3v) is 3.28. The van der Waals surface area contributed by atoms with Crippen LogP contribution in [0.1, 0.15) is 18.2 Å². The molecule has 2 nitrogen and oxygen atoms in total. The lowest BCUT2D eigenvalue weighted by molar-refractivity contribution is 0.527. The number of rotatable bonds is 5. The number of nitrogens with two attached hydrogens (primary N) is 1. The highest BCUT2D eigenvalue weighted by molar-refractivity contribution is 7.98. The van der Waals surface area contributed by atoms with Crippen molar-refractivity contribution in [2.45, 2.75) is 19.6 Å². The van der Waals surface area contributed by atoms with Crippen LogP contribution in [0.5, 0.6) is 0 Å². The molecule has 0 aliphatic carbocycles. The molecule has 13 heavy (non-hydrogen) atoms. The van der Waals surface area contributed by atoms with Crippen LogP contribution in [0.25, 0.3) is 0 Å². The number of furan rings is 1. The molecule has 1 aromatic rings. The summed E-state index contributed by atoms with van der Waals surface area (Å²) in [5.74, 6) is 3.76. The molecule has 3 heteroatoms. The second kappa shape index (κ2) is 5.35. The predicted octanol–water partition coefficient (Wildman–Crippen LogP) is 2.42. The van der Waals surface area contributed by atoms with Gasteiger partial charge in [0, 0.05) is 0 Å². The average Bonchev–Trinajstić information content (AvgIpc) is 2.52. The molecule has 0 fully saturated rings. The van der Waals surface area contributed by atoms with Crippen molar-refractivity contribution in [2.24, 2.45) is 11.7 Å². The lowest BCUT2D eigenvalue weighted by Crippen LogP contribution is -2.12. The van der Waals surface area contributed by atoms with E-state index in [0.717, 1.165) is 23.8 Å². The molecule has 0 saturated heterocycles. The van der Waals surface area contributed by atoms with Crippen LogP contribution in [0.4, 0.5) is 0 Å². The van der Waals surface area contributed by atoms with E-state index in [4.69, 9.17) is 10.2 Å². The summed E-state index contributed by atoms with van der Waals surface area (Å²) in [6.07, 6.45) is 1.75. The van der Waals surface area contributed by atoms with Gasteiger partial charge in [-0.2, -0.15) is 11.8 Å². The van der Waals surface area contributed by atoms with Crippen molar-refractivity contribution in [3.63, 3.8) is 0 Å². The van der Waals surface area contributed by atoms with Gasteiger partial charge in [0.1, 0.15) is 5.76 Å². The summed E-state index contributed by atoms with van der Waals surface area (Å²) in [5, 5.41) is 0. The average molecular weight is 199 g/mol. The normalized spacial score (nSPS) is 13.2. The first kappa shape index (κ1) is 10.7. The molecule has 0 aliphatic heterocycles. The van der Waals surface area contributed by atoms with Crippen LogP contribution in [0, 0.1) is 12.8 Å². The molecule has 1 heterocycles. The molecule has 1 atom stereocenters. The van der Waals surface area contributed by atoms with Crippen LogP contribution in [0.3, 0.4) is 0 Å². The minimum absolute atomic E-state index is 0.597. The monoisotopic (exact) mass is 199 g/mol. The Labute approximate surface area is 83.9 Å². The fraction of sp³-hybridized carbons (Fsp3) is 0.600. The van der Waals surface area contributed by atoms with E-state index in [9.17, 15) is 0 Å². The van der Waals surface area contributed by atoms with Gasteiger partial charge in [0.15, 0.2) is 0 Å². The lowest BCUT2D eigenvalue weighted by Gasteiger charge is -2.06. The number of thioether (sulfide) groups is 1. The highest BCUT2D eigenvalue weighted by atomic mass is 32.2. The van der Waals surface area contributed by atoms with Gasteiger partial charge in [0.2, 0.25) is 0 Å². The first-order chi connectivity index (χ1) is 6.24. The van der Waals surface area contributed by atoms with Gasteiger partial charge in [-0.1, -0.05) is 6.92 Å². The molecule has 0 spiro atoms. The molecule has 0 bridgehead atoms. The molecule has 0 aliphatic rings. The largest absolute Gasteiger partial charge is 0.468 e. The fourth-order valence-electron chi connectivity index (χ4n) is 0.973. The van der Waals surface area contributed by atoms with E-state index < -0.39 is 0 Å². The van der Waals surface area contributed by atoms with Crippen molar-refractivity contribution in [2.75, 3.05) is 12.3 Å². The van der Waals surface area contributed by atoms with Gasteiger partial charge in [0.05, 0.1) is 12.0 Å². The zero-order chi connectivity index (χ0) is 9.68. The van der Waals surface area contributed by atoms with Gasteiger partial charge in [-0.05, 0) is 36.8 Å². The van der Waals surface area contributed by atoms with Gasteiger partial charge < -0.3 is 10.2 Å². The number of hydrogen-bond donors (Lipinski definition) is 1. The molecular formula is C10H17NOS. The van der Waals surface area contributed by atoms with Crippen LogP contribution in [0.2, 0.25) is 0 Å². The van der Waals surface area contributed by atoms with Crippen molar-refractivity contribution in [1.82, 2.24) is 0 Å². The predicted molar refractivity (Wildman–Crippen MR) is 57.8 cm³/mol. The Morgan fingerprint density at radius 3 is 2.92 bits per heavy atom. The Balaban J connectivity index is 2.24. The van der Waals surface area contributed by atoms with E-state index in [0.29, 0.717) is 5.92 Å². The summed E-state index contributed by atoms with van der Waals surface area (Å²) in [7, 11) is 0. The lowest BCUT2D eigenvalue weighted by atomic mass is 10.2. The third kappa shape index (κ3) is 3.44. The van der Waals surface area contributed by atoms with E-state index in [1.807, 2.05) is 17.8 Å². The quantitative estimate of drug-likeness (QED) is 0.791. The van der Waals surface area contributed by atoms with Crippen LogP contribution in [0.15, 0.2) is 16.7 Å². The first-order valence-electron chi connectivity index (χ1n) is 4.54. The van der Waals surface area contributed by atoms with Gasteiger partial charge >= 0.3 is 0 Å². The molecule has 1 unspecified atom stereocenters. The van der Waals surface area contributed by atoms with Crippen LogP contribution < -0.4 is 5.73 Å². The molecule has 0 aromatic carbocycles. The smallest absolute Gasteiger partial charge is 0.116 e. The zero-order valence-electron chi connectivity index (χ0n) is 8.25. The summed E-state index contributed by atoms with van der Waals surface area (Å²) in [4.78, 5) is 0.